The lowest BCUT2D eigenvalue weighted by molar-refractivity contribution is 0.755. The van der Waals surface area contributed by atoms with Crippen LogP contribution in [0.4, 0.5) is 11.5 Å². The summed E-state index contributed by atoms with van der Waals surface area (Å²) in [4.78, 5) is 8.28. The highest BCUT2D eigenvalue weighted by Crippen LogP contribution is 2.35. The van der Waals surface area contributed by atoms with E-state index in [9.17, 15) is 0 Å². The van der Waals surface area contributed by atoms with Crippen molar-refractivity contribution < 1.29 is 0 Å². The Hall–Kier alpha value is -1.85. The number of hydrogen-bond donors (Lipinski definition) is 1. The molecule has 1 aliphatic heterocycles. The summed E-state index contributed by atoms with van der Waals surface area (Å²) in [6.07, 6.45) is 5.27. The summed E-state index contributed by atoms with van der Waals surface area (Å²) < 4.78 is 2.18. The lowest BCUT2D eigenvalue weighted by atomic mass is 10.0. The minimum Gasteiger partial charge on any atom is -0.330 e. The smallest absolute Gasteiger partial charge is 0.195 e. The van der Waals surface area contributed by atoms with Crippen LogP contribution in [-0.4, -0.2) is 22.5 Å². The second-order valence-electron chi connectivity index (χ2n) is 5.36. The molecule has 0 spiro atoms. The Morgan fingerprint density at radius 1 is 1.29 bits per heavy atom. The first-order valence-corrected chi connectivity index (χ1v) is 8.26. The molecule has 1 aromatic carbocycles. The van der Waals surface area contributed by atoms with Gasteiger partial charge in [0.05, 0.1) is 5.69 Å². The zero-order chi connectivity index (χ0) is 14.2. The third-order valence-electron chi connectivity index (χ3n) is 4.09. The number of hydrogen-bond acceptors (Lipinski definition) is 4. The van der Waals surface area contributed by atoms with Crippen molar-refractivity contribution in [3.63, 3.8) is 0 Å². The molecule has 108 valence electrons. The van der Waals surface area contributed by atoms with E-state index in [2.05, 4.69) is 45.1 Å². The molecule has 0 atom stereocenters. The number of aryl methyl sites for hydroxylation is 1. The van der Waals surface area contributed by atoms with E-state index in [1.807, 2.05) is 0 Å². The fraction of sp³-hybridized carbons (Fsp3) is 0.312. The standard InChI is InChI=1S/C16H18N4S/c17-8-7-14-15(18-16-20(14)10-11-21-16)19-9-3-5-12-4-1-2-6-13(12)19/h1-2,4,6,10-11H,3,5,7-9,17H2. The van der Waals surface area contributed by atoms with Gasteiger partial charge in [-0.3, -0.25) is 4.40 Å². The average Bonchev–Trinajstić information content (AvgIpc) is 3.10. The molecule has 3 aromatic rings. The topological polar surface area (TPSA) is 46.6 Å². The van der Waals surface area contributed by atoms with Gasteiger partial charge >= 0.3 is 0 Å². The Morgan fingerprint density at radius 3 is 3.10 bits per heavy atom. The third kappa shape index (κ3) is 2.04. The molecule has 2 N–H and O–H groups in total. The largest absolute Gasteiger partial charge is 0.330 e. The van der Waals surface area contributed by atoms with Crippen molar-refractivity contribution >= 4 is 27.8 Å². The number of thiazole rings is 1. The molecule has 0 saturated carbocycles. The first kappa shape index (κ1) is 12.9. The summed E-state index contributed by atoms with van der Waals surface area (Å²) in [5, 5.41) is 2.08. The van der Waals surface area contributed by atoms with Gasteiger partial charge in [0.1, 0.15) is 0 Å². The molecule has 0 aliphatic carbocycles. The van der Waals surface area contributed by atoms with E-state index in [1.54, 1.807) is 11.3 Å². The summed E-state index contributed by atoms with van der Waals surface area (Å²) in [7, 11) is 0. The monoisotopic (exact) mass is 298 g/mol. The molecule has 4 rings (SSSR count). The first-order chi connectivity index (χ1) is 10.4. The van der Waals surface area contributed by atoms with Gasteiger partial charge in [0.2, 0.25) is 0 Å². The van der Waals surface area contributed by atoms with E-state index in [4.69, 9.17) is 10.7 Å². The van der Waals surface area contributed by atoms with Crippen molar-refractivity contribution in [1.82, 2.24) is 9.38 Å². The number of nitrogens with zero attached hydrogens (tertiary/aromatic N) is 3. The van der Waals surface area contributed by atoms with Gasteiger partial charge in [-0.05, 0) is 31.0 Å². The zero-order valence-corrected chi connectivity index (χ0v) is 12.6. The molecule has 0 unspecified atom stereocenters. The molecule has 0 bridgehead atoms. The number of anilines is 2. The van der Waals surface area contributed by atoms with Crippen LogP contribution in [0.2, 0.25) is 0 Å². The fourth-order valence-corrected chi connectivity index (χ4v) is 3.89. The minimum absolute atomic E-state index is 0.645. The highest BCUT2D eigenvalue weighted by molar-refractivity contribution is 7.15. The summed E-state index contributed by atoms with van der Waals surface area (Å²) in [6.45, 7) is 1.67. The van der Waals surface area contributed by atoms with Gasteiger partial charge in [-0.2, -0.15) is 0 Å². The number of para-hydroxylation sites is 1. The lowest BCUT2D eigenvalue weighted by Crippen LogP contribution is -2.26. The van der Waals surface area contributed by atoms with E-state index in [-0.39, 0.29) is 0 Å². The number of aromatic nitrogens is 2. The van der Waals surface area contributed by atoms with Crippen LogP contribution in [-0.2, 0) is 12.8 Å². The molecule has 4 nitrogen and oxygen atoms in total. The maximum atomic E-state index is 5.82. The molecule has 0 saturated heterocycles. The minimum atomic E-state index is 0.645. The van der Waals surface area contributed by atoms with Gasteiger partial charge in [0.25, 0.3) is 0 Å². The highest BCUT2D eigenvalue weighted by atomic mass is 32.1. The molecule has 5 heteroatoms. The molecule has 21 heavy (non-hydrogen) atoms. The summed E-state index contributed by atoms with van der Waals surface area (Å²) in [5.74, 6) is 1.08. The molecule has 0 amide bonds. The van der Waals surface area contributed by atoms with Crippen molar-refractivity contribution in [2.24, 2.45) is 5.73 Å². The van der Waals surface area contributed by atoms with E-state index >= 15 is 0 Å². The first-order valence-electron chi connectivity index (χ1n) is 7.38. The van der Waals surface area contributed by atoms with Gasteiger partial charge in [-0.25, -0.2) is 4.98 Å². The summed E-state index contributed by atoms with van der Waals surface area (Å²) in [5.41, 5.74) is 9.76. The van der Waals surface area contributed by atoms with Crippen LogP contribution in [0.3, 0.4) is 0 Å². The Balaban J connectivity index is 1.87. The van der Waals surface area contributed by atoms with Crippen LogP contribution in [0.25, 0.3) is 4.96 Å². The SMILES string of the molecule is NCCc1c(N2CCCc3ccccc32)nc2sccn12. The van der Waals surface area contributed by atoms with E-state index in [0.717, 1.165) is 30.2 Å². The fourth-order valence-electron chi connectivity index (χ4n) is 3.16. The number of imidazole rings is 1. The van der Waals surface area contributed by atoms with Crippen molar-refractivity contribution in [3.05, 3.63) is 47.1 Å². The van der Waals surface area contributed by atoms with Crippen LogP contribution in [0.15, 0.2) is 35.8 Å². The molecular formula is C16H18N4S. The Bertz CT molecular complexity index is 774. The van der Waals surface area contributed by atoms with Crippen LogP contribution in [0, 0.1) is 0 Å². The predicted molar refractivity (Wildman–Crippen MR) is 87.6 cm³/mol. The lowest BCUT2D eigenvalue weighted by Gasteiger charge is -2.30. The summed E-state index contributed by atoms with van der Waals surface area (Å²) >= 11 is 1.68. The third-order valence-corrected chi connectivity index (χ3v) is 4.84. The van der Waals surface area contributed by atoms with E-state index in [0.29, 0.717) is 6.54 Å². The Morgan fingerprint density at radius 2 is 2.19 bits per heavy atom. The van der Waals surface area contributed by atoms with E-state index < -0.39 is 0 Å². The molecule has 1 aliphatic rings. The van der Waals surface area contributed by atoms with Gasteiger partial charge in [0.15, 0.2) is 10.8 Å². The van der Waals surface area contributed by atoms with Crippen molar-refractivity contribution in [2.45, 2.75) is 19.3 Å². The maximum absolute atomic E-state index is 5.82. The van der Waals surface area contributed by atoms with Crippen LogP contribution in [0.1, 0.15) is 17.7 Å². The Kier molecular flexibility index (Phi) is 3.16. The van der Waals surface area contributed by atoms with Crippen molar-refractivity contribution in [3.8, 4) is 0 Å². The Labute approximate surface area is 127 Å². The van der Waals surface area contributed by atoms with Gasteiger partial charge in [0, 0.05) is 30.2 Å². The second kappa shape index (κ2) is 5.16. The molecular weight excluding hydrogens is 280 g/mol. The second-order valence-corrected chi connectivity index (χ2v) is 6.23. The van der Waals surface area contributed by atoms with Gasteiger partial charge < -0.3 is 10.6 Å². The number of rotatable bonds is 3. The van der Waals surface area contributed by atoms with E-state index in [1.165, 1.54) is 23.4 Å². The van der Waals surface area contributed by atoms with Gasteiger partial charge in [-0.1, -0.05) is 18.2 Å². The van der Waals surface area contributed by atoms with Crippen LogP contribution < -0.4 is 10.6 Å². The molecule has 0 fully saturated rings. The van der Waals surface area contributed by atoms with Crippen LogP contribution >= 0.6 is 11.3 Å². The predicted octanol–water partition coefficient (Wildman–Crippen LogP) is 2.98. The number of fused-ring (bicyclic) bond motifs is 2. The normalized spacial score (nSPS) is 14.6. The number of nitrogens with two attached hydrogens (primary N) is 1. The molecule has 2 aromatic heterocycles. The zero-order valence-electron chi connectivity index (χ0n) is 11.8. The molecule has 3 heterocycles. The van der Waals surface area contributed by atoms with Gasteiger partial charge in [-0.15, -0.1) is 11.3 Å². The highest BCUT2D eigenvalue weighted by Gasteiger charge is 2.23. The summed E-state index contributed by atoms with van der Waals surface area (Å²) in [6, 6.07) is 8.66. The van der Waals surface area contributed by atoms with Crippen LogP contribution in [0.5, 0.6) is 0 Å². The molecule has 0 radical (unpaired) electrons. The number of benzene rings is 1. The maximum Gasteiger partial charge on any atom is 0.195 e. The van der Waals surface area contributed by atoms with Crippen molar-refractivity contribution in [1.29, 1.82) is 0 Å². The average molecular weight is 298 g/mol. The van der Waals surface area contributed by atoms with Crippen molar-refractivity contribution in [2.75, 3.05) is 18.0 Å². The quantitative estimate of drug-likeness (QED) is 0.808.